The number of primary amides is 1. The Morgan fingerprint density at radius 1 is 1.22 bits per heavy atom. The fourth-order valence-electron chi connectivity index (χ4n) is 2.31. The molecule has 3 aromatic rings. The minimum Gasteiger partial charge on any atom is -0.365 e. The van der Waals surface area contributed by atoms with E-state index in [2.05, 4.69) is 14.7 Å². The van der Waals surface area contributed by atoms with Crippen molar-refractivity contribution in [1.29, 1.82) is 0 Å². The largest absolute Gasteiger partial charge is 0.416 e. The maximum Gasteiger partial charge on any atom is 0.416 e. The van der Waals surface area contributed by atoms with Gasteiger partial charge in [-0.1, -0.05) is 30.0 Å². The smallest absolute Gasteiger partial charge is 0.365 e. The van der Waals surface area contributed by atoms with Crippen molar-refractivity contribution >= 4 is 39.9 Å². The van der Waals surface area contributed by atoms with E-state index in [1.165, 1.54) is 18.2 Å². The van der Waals surface area contributed by atoms with Crippen LogP contribution < -0.4 is 11.1 Å². The number of carbonyl (C=O) groups is 1. The van der Waals surface area contributed by atoms with Crippen LogP contribution in [-0.4, -0.2) is 15.3 Å². The lowest BCUT2D eigenvalue weighted by molar-refractivity contribution is -0.138. The summed E-state index contributed by atoms with van der Waals surface area (Å²) in [7, 11) is 0. The van der Waals surface area contributed by atoms with Gasteiger partial charge in [-0.2, -0.15) is 17.5 Å². The molecule has 0 fully saturated rings. The van der Waals surface area contributed by atoms with Gasteiger partial charge in [0.1, 0.15) is 15.6 Å². The van der Waals surface area contributed by atoms with Crippen LogP contribution in [-0.2, 0) is 11.9 Å². The third-order valence-electron chi connectivity index (χ3n) is 3.51. The summed E-state index contributed by atoms with van der Waals surface area (Å²) in [6.07, 6.45) is -1.28. The fraction of sp³-hybridized carbons (Fsp3) is 0.118. The minimum absolute atomic E-state index is 0.00598. The van der Waals surface area contributed by atoms with Gasteiger partial charge in [-0.3, -0.25) is 9.78 Å². The lowest BCUT2D eigenvalue weighted by Gasteiger charge is -2.12. The highest BCUT2D eigenvalue weighted by atomic mass is 32.2. The molecule has 0 radical (unpaired) electrons. The van der Waals surface area contributed by atoms with E-state index >= 15 is 0 Å². The number of hydrogen-bond donors (Lipinski definition) is 2. The third kappa shape index (κ3) is 4.58. The number of anilines is 2. The molecule has 0 aliphatic heterocycles. The Labute approximate surface area is 161 Å². The van der Waals surface area contributed by atoms with Gasteiger partial charge in [0.2, 0.25) is 0 Å². The third-order valence-corrected chi connectivity index (χ3v) is 5.42. The van der Waals surface area contributed by atoms with Crippen molar-refractivity contribution < 1.29 is 18.0 Å². The Bertz CT molecular complexity index is 945. The first-order chi connectivity index (χ1) is 12.9. The van der Waals surface area contributed by atoms with Gasteiger partial charge in [0.05, 0.1) is 17.4 Å². The molecule has 0 saturated heterocycles. The Morgan fingerprint density at radius 3 is 2.67 bits per heavy atom. The Kier molecular flexibility index (Phi) is 5.66. The molecule has 2 aromatic heterocycles. The van der Waals surface area contributed by atoms with Gasteiger partial charge in [-0.05, 0) is 35.3 Å². The summed E-state index contributed by atoms with van der Waals surface area (Å²) in [4.78, 5) is 15.8. The van der Waals surface area contributed by atoms with Crippen molar-refractivity contribution in [3.8, 4) is 0 Å². The highest BCUT2D eigenvalue weighted by molar-refractivity contribution is 7.98. The summed E-state index contributed by atoms with van der Waals surface area (Å²) in [5.74, 6) is -0.701. The lowest BCUT2D eigenvalue weighted by atomic mass is 10.1. The van der Waals surface area contributed by atoms with Gasteiger partial charge in [-0.25, -0.2) is 0 Å². The van der Waals surface area contributed by atoms with Gasteiger partial charge in [-0.15, -0.1) is 0 Å². The molecule has 0 aliphatic carbocycles. The number of benzene rings is 1. The summed E-state index contributed by atoms with van der Waals surface area (Å²) in [6, 6.07) is 8.78. The molecule has 1 aromatic carbocycles. The van der Waals surface area contributed by atoms with E-state index in [9.17, 15) is 18.0 Å². The normalized spacial score (nSPS) is 11.4. The van der Waals surface area contributed by atoms with E-state index in [1.54, 1.807) is 24.5 Å². The summed E-state index contributed by atoms with van der Waals surface area (Å²) < 4.78 is 43.5. The first-order valence-electron chi connectivity index (χ1n) is 7.60. The number of nitrogens with one attached hydrogen (secondary N) is 1. The van der Waals surface area contributed by atoms with Crippen molar-refractivity contribution in [2.75, 3.05) is 5.32 Å². The van der Waals surface area contributed by atoms with E-state index in [-0.39, 0.29) is 21.9 Å². The van der Waals surface area contributed by atoms with Crippen molar-refractivity contribution in [3.63, 3.8) is 0 Å². The summed E-state index contributed by atoms with van der Waals surface area (Å²) in [6.45, 7) is 0. The molecule has 27 heavy (non-hydrogen) atoms. The second-order valence-electron chi connectivity index (χ2n) is 5.37. The number of aromatic nitrogens is 2. The zero-order valence-electron chi connectivity index (χ0n) is 13.7. The first kappa shape index (κ1) is 19.2. The van der Waals surface area contributed by atoms with Crippen LogP contribution >= 0.6 is 23.3 Å². The molecule has 1 amide bonds. The quantitative estimate of drug-likeness (QED) is 0.576. The second-order valence-corrected chi connectivity index (χ2v) is 7.10. The predicted octanol–water partition coefficient (Wildman–Crippen LogP) is 4.69. The van der Waals surface area contributed by atoms with Gasteiger partial charge in [0, 0.05) is 11.9 Å². The molecule has 0 atom stereocenters. The zero-order chi connectivity index (χ0) is 19.4. The van der Waals surface area contributed by atoms with Crippen LogP contribution in [0.1, 0.15) is 21.5 Å². The van der Waals surface area contributed by atoms with Crippen LogP contribution in [0.3, 0.4) is 0 Å². The Balaban J connectivity index is 1.83. The molecule has 3 rings (SSSR count). The van der Waals surface area contributed by atoms with Crippen LogP contribution in [0.15, 0.2) is 53.8 Å². The molecule has 0 unspecified atom stereocenters. The van der Waals surface area contributed by atoms with E-state index in [1.807, 2.05) is 0 Å². The van der Waals surface area contributed by atoms with E-state index < -0.39 is 17.6 Å². The molecule has 0 aliphatic rings. The van der Waals surface area contributed by atoms with Crippen molar-refractivity contribution in [2.45, 2.75) is 17.0 Å². The average molecular weight is 410 g/mol. The molecule has 3 N–H and O–H groups in total. The monoisotopic (exact) mass is 410 g/mol. The first-order valence-corrected chi connectivity index (χ1v) is 9.36. The number of rotatable bonds is 6. The highest BCUT2D eigenvalue weighted by Crippen LogP contribution is 2.38. The van der Waals surface area contributed by atoms with Gasteiger partial charge in [0.15, 0.2) is 0 Å². The molecule has 140 valence electrons. The molecule has 0 bridgehead atoms. The number of nitrogens with zero attached hydrogens (tertiary/aromatic N) is 2. The molecule has 2 heterocycles. The molecule has 10 heteroatoms. The summed E-state index contributed by atoms with van der Waals surface area (Å²) in [5, 5.41) is 3.71. The van der Waals surface area contributed by atoms with Gasteiger partial charge >= 0.3 is 6.18 Å². The van der Waals surface area contributed by atoms with Crippen LogP contribution in [0.5, 0.6) is 0 Å². The molecular weight excluding hydrogens is 397 g/mol. The van der Waals surface area contributed by atoms with Gasteiger partial charge in [0.25, 0.3) is 5.91 Å². The summed E-state index contributed by atoms with van der Waals surface area (Å²) >= 11 is 2.04. The van der Waals surface area contributed by atoms with E-state index in [4.69, 9.17) is 5.73 Å². The molecule has 0 saturated carbocycles. The van der Waals surface area contributed by atoms with E-state index in [0.717, 1.165) is 29.4 Å². The Morgan fingerprint density at radius 2 is 2.00 bits per heavy atom. The number of halogens is 3. The zero-order valence-corrected chi connectivity index (χ0v) is 15.3. The topological polar surface area (TPSA) is 80.9 Å². The van der Waals surface area contributed by atoms with Crippen molar-refractivity contribution in [2.24, 2.45) is 5.73 Å². The number of pyridine rings is 1. The maximum atomic E-state index is 13.1. The number of carbonyl (C=O) groups excluding carboxylic acids is 1. The van der Waals surface area contributed by atoms with Gasteiger partial charge < -0.3 is 11.1 Å². The molecular formula is C17H13F3N4OS2. The number of amides is 1. The standard InChI is InChI=1S/C17H13F3N4OS2/c18-17(19,20)12-6-2-1-4-10(12)9-26-16-13(14(21)25)15(27-24-16)23-11-5-3-7-22-8-11/h1-8,23H,9H2,(H2,21,25). The number of alkyl halides is 3. The summed E-state index contributed by atoms with van der Waals surface area (Å²) in [5.41, 5.74) is 5.66. The predicted molar refractivity (Wildman–Crippen MR) is 99.2 cm³/mol. The van der Waals surface area contributed by atoms with Crippen LogP contribution in [0.25, 0.3) is 0 Å². The highest BCUT2D eigenvalue weighted by Gasteiger charge is 2.33. The van der Waals surface area contributed by atoms with Crippen LogP contribution in [0.4, 0.5) is 23.9 Å². The lowest BCUT2D eigenvalue weighted by Crippen LogP contribution is -2.13. The number of thioether (sulfide) groups is 1. The molecule has 5 nitrogen and oxygen atoms in total. The van der Waals surface area contributed by atoms with Crippen molar-refractivity contribution in [1.82, 2.24) is 9.36 Å². The fourth-order valence-corrected chi connectivity index (χ4v) is 4.31. The average Bonchev–Trinajstić information content (AvgIpc) is 3.03. The van der Waals surface area contributed by atoms with Crippen LogP contribution in [0, 0.1) is 0 Å². The van der Waals surface area contributed by atoms with Crippen molar-refractivity contribution in [3.05, 3.63) is 65.5 Å². The Hall–Kier alpha value is -2.59. The number of nitrogens with two attached hydrogens (primary N) is 1. The van der Waals surface area contributed by atoms with Crippen LogP contribution in [0.2, 0.25) is 0 Å². The molecule has 0 spiro atoms. The minimum atomic E-state index is -4.45. The SMILES string of the molecule is NC(=O)c1c(SCc2ccccc2C(F)(F)F)nsc1Nc1cccnc1. The van der Waals surface area contributed by atoms with E-state index in [0.29, 0.717) is 10.7 Å². The number of hydrogen-bond acceptors (Lipinski definition) is 6. The maximum absolute atomic E-state index is 13.1. The second kappa shape index (κ2) is 7.97.